The molecule has 150 valence electrons. The van der Waals surface area contributed by atoms with Crippen molar-refractivity contribution in [3.05, 3.63) is 59.7 Å². The highest BCUT2D eigenvalue weighted by Crippen LogP contribution is 2.15. The topological polar surface area (TPSA) is 92.8 Å². The lowest BCUT2D eigenvalue weighted by Gasteiger charge is -2.21. The summed E-state index contributed by atoms with van der Waals surface area (Å²) in [6.45, 7) is 4.56. The third-order valence-electron chi connectivity index (χ3n) is 4.33. The van der Waals surface area contributed by atoms with E-state index in [-0.39, 0.29) is 4.90 Å². The maximum Gasteiger partial charge on any atom is 0.321 e. The monoisotopic (exact) mass is 404 g/mol. The molecule has 1 N–H and O–H groups in total. The number of rotatable bonds is 7. The van der Waals surface area contributed by atoms with Crippen molar-refractivity contribution in [2.75, 3.05) is 18.5 Å². The maximum absolute atomic E-state index is 12.4. The molecule has 7 nitrogen and oxygen atoms in total. The summed E-state index contributed by atoms with van der Waals surface area (Å²) < 4.78 is 31.9. The minimum atomic E-state index is -3.86. The average Bonchev–Trinajstić information content (AvgIpc) is 2.68. The molecule has 28 heavy (non-hydrogen) atoms. The molecule has 0 fully saturated rings. The molecule has 0 aliphatic heterocycles. The second-order valence-corrected chi connectivity index (χ2v) is 8.20. The Balaban J connectivity index is 1.94. The van der Waals surface area contributed by atoms with Crippen LogP contribution in [0.4, 0.5) is 5.69 Å². The minimum Gasteiger partial charge on any atom is -0.452 e. The molecule has 2 rings (SSSR count). The average molecular weight is 404 g/mol. The van der Waals surface area contributed by atoms with Gasteiger partial charge in [0.15, 0.2) is 6.10 Å². The first-order valence-electron chi connectivity index (χ1n) is 8.71. The molecule has 1 atom stereocenters. The molecule has 1 amide bonds. The summed E-state index contributed by atoms with van der Waals surface area (Å²) >= 11 is 0. The van der Waals surface area contributed by atoms with Crippen molar-refractivity contribution >= 4 is 27.6 Å². The summed E-state index contributed by atoms with van der Waals surface area (Å²) in [4.78, 5) is 25.8. The molecule has 0 aromatic heterocycles. The van der Waals surface area contributed by atoms with Gasteiger partial charge in [0.2, 0.25) is 10.0 Å². The summed E-state index contributed by atoms with van der Waals surface area (Å²) in [7, 11) is -2.28. The SMILES string of the molecule is Cc1ccc(S(=O)(=O)NCC(=O)O[C@H](C)C(=O)N(C)c2ccccc2)cc1C. The predicted octanol–water partition coefficient (Wildman–Crippen LogP) is 2.18. The number of esters is 1. The quantitative estimate of drug-likeness (QED) is 0.714. The van der Waals surface area contributed by atoms with Gasteiger partial charge in [0.1, 0.15) is 6.54 Å². The van der Waals surface area contributed by atoms with Gasteiger partial charge in [0.05, 0.1) is 4.90 Å². The molecule has 2 aromatic carbocycles. The Labute approximate surface area is 165 Å². The fourth-order valence-corrected chi connectivity index (χ4v) is 3.51. The summed E-state index contributed by atoms with van der Waals surface area (Å²) in [5.74, 6) is -1.26. The predicted molar refractivity (Wildman–Crippen MR) is 107 cm³/mol. The summed E-state index contributed by atoms with van der Waals surface area (Å²) in [6, 6.07) is 13.6. The van der Waals surface area contributed by atoms with E-state index in [9.17, 15) is 18.0 Å². The van der Waals surface area contributed by atoms with Crippen molar-refractivity contribution in [2.45, 2.75) is 31.8 Å². The Hall–Kier alpha value is -2.71. The van der Waals surface area contributed by atoms with Crippen molar-refractivity contribution in [3.63, 3.8) is 0 Å². The Bertz CT molecular complexity index is 958. The van der Waals surface area contributed by atoms with Gasteiger partial charge in [0, 0.05) is 12.7 Å². The number of likely N-dealkylation sites (N-methyl/N-ethyl adjacent to an activating group) is 1. The van der Waals surface area contributed by atoms with E-state index in [0.29, 0.717) is 5.69 Å². The first kappa shape index (κ1) is 21.6. The van der Waals surface area contributed by atoms with Crippen molar-refractivity contribution in [3.8, 4) is 0 Å². The molecule has 0 saturated carbocycles. The minimum absolute atomic E-state index is 0.0661. The summed E-state index contributed by atoms with van der Waals surface area (Å²) in [6.07, 6.45) is -1.05. The van der Waals surface area contributed by atoms with Crippen LogP contribution in [0.1, 0.15) is 18.1 Å². The zero-order valence-electron chi connectivity index (χ0n) is 16.3. The number of anilines is 1. The molecule has 0 bridgehead atoms. The fourth-order valence-electron chi connectivity index (χ4n) is 2.46. The van der Waals surface area contributed by atoms with Gasteiger partial charge in [0.25, 0.3) is 5.91 Å². The molecule has 2 aromatic rings. The lowest BCUT2D eigenvalue weighted by molar-refractivity contribution is -0.152. The number of para-hydroxylation sites is 1. The normalized spacial score (nSPS) is 12.3. The van der Waals surface area contributed by atoms with Gasteiger partial charge in [-0.05, 0) is 56.2 Å². The van der Waals surface area contributed by atoms with Gasteiger partial charge >= 0.3 is 5.97 Å². The molecule has 8 heteroatoms. The van der Waals surface area contributed by atoms with Crippen LogP contribution >= 0.6 is 0 Å². The third kappa shape index (κ3) is 5.40. The van der Waals surface area contributed by atoms with Crippen LogP contribution in [-0.2, 0) is 24.3 Å². The highest BCUT2D eigenvalue weighted by Gasteiger charge is 2.23. The van der Waals surface area contributed by atoms with Crippen LogP contribution in [0.25, 0.3) is 0 Å². The smallest absolute Gasteiger partial charge is 0.321 e. The number of nitrogens with one attached hydrogen (secondary N) is 1. The van der Waals surface area contributed by atoms with Crippen LogP contribution in [0, 0.1) is 13.8 Å². The Kier molecular flexibility index (Phi) is 6.93. The largest absolute Gasteiger partial charge is 0.452 e. The number of carbonyl (C=O) groups excluding carboxylic acids is 2. The lowest BCUT2D eigenvalue weighted by atomic mass is 10.1. The molecular weight excluding hydrogens is 380 g/mol. The van der Waals surface area contributed by atoms with Crippen LogP contribution < -0.4 is 9.62 Å². The first-order chi connectivity index (χ1) is 13.1. The summed E-state index contributed by atoms with van der Waals surface area (Å²) in [5.41, 5.74) is 2.45. The van der Waals surface area contributed by atoms with Crippen LogP contribution in [0.5, 0.6) is 0 Å². The molecule has 0 unspecified atom stereocenters. The molecular formula is C20H24N2O5S. The highest BCUT2D eigenvalue weighted by atomic mass is 32.2. The van der Waals surface area contributed by atoms with Gasteiger partial charge in [-0.3, -0.25) is 9.59 Å². The van der Waals surface area contributed by atoms with Crippen molar-refractivity contribution in [1.82, 2.24) is 4.72 Å². The lowest BCUT2D eigenvalue weighted by Crippen LogP contribution is -2.39. The Morgan fingerprint density at radius 1 is 1.07 bits per heavy atom. The van der Waals surface area contributed by atoms with E-state index in [4.69, 9.17) is 4.74 Å². The zero-order chi connectivity index (χ0) is 20.9. The van der Waals surface area contributed by atoms with Crippen LogP contribution in [0.2, 0.25) is 0 Å². The third-order valence-corrected chi connectivity index (χ3v) is 5.72. The molecule has 0 aliphatic carbocycles. The standard InChI is InChI=1S/C20H24N2O5S/c1-14-10-11-18(12-15(14)2)28(25,26)21-13-19(23)27-16(3)20(24)22(4)17-8-6-5-7-9-17/h5-12,16,21H,13H2,1-4H3/t16-/m1/s1. The van der Waals surface area contributed by atoms with Gasteiger partial charge < -0.3 is 9.64 Å². The van der Waals surface area contributed by atoms with Gasteiger partial charge in [-0.1, -0.05) is 24.3 Å². The van der Waals surface area contributed by atoms with E-state index in [1.54, 1.807) is 44.3 Å². The number of hydrogen-bond donors (Lipinski definition) is 1. The molecule has 0 saturated heterocycles. The number of benzene rings is 2. The summed E-state index contributed by atoms with van der Waals surface area (Å²) in [5, 5.41) is 0. The van der Waals surface area contributed by atoms with Crippen LogP contribution in [-0.4, -0.2) is 40.0 Å². The van der Waals surface area contributed by atoms with E-state index in [2.05, 4.69) is 4.72 Å². The second-order valence-electron chi connectivity index (χ2n) is 6.44. The number of carbonyl (C=O) groups is 2. The number of hydrogen-bond acceptors (Lipinski definition) is 5. The maximum atomic E-state index is 12.4. The number of nitrogens with zero attached hydrogens (tertiary/aromatic N) is 1. The number of aryl methyl sites for hydroxylation is 2. The van der Waals surface area contributed by atoms with E-state index >= 15 is 0 Å². The van der Waals surface area contributed by atoms with Crippen LogP contribution in [0.3, 0.4) is 0 Å². The number of ether oxygens (including phenoxy) is 1. The first-order valence-corrected chi connectivity index (χ1v) is 10.2. The Morgan fingerprint density at radius 2 is 1.71 bits per heavy atom. The van der Waals surface area contributed by atoms with Crippen LogP contribution in [0.15, 0.2) is 53.4 Å². The second kappa shape index (κ2) is 8.99. The highest BCUT2D eigenvalue weighted by molar-refractivity contribution is 7.89. The number of amides is 1. The molecule has 0 heterocycles. The van der Waals surface area contributed by atoms with E-state index in [1.165, 1.54) is 24.0 Å². The van der Waals surface area contributed by atoms with Crippen molar-refractivity contribution < 1.29 is 22.7 Å². The van der Waals surface area contributed by atoms with Crippen molar-refractivity contribution in [2.24, 2.45) is 0 Å². The van der Waals surface area contributed by atoms with Gasteiger partial charge in [-0.2, -0.15) is 4.72 Å². The molecule has 0 aliphatic rings. The Morgan fingerprint density at radius 3 is 2.32 bits per heavy atom. The molecule has 0 radical (unpaired) electrons. The zero-order valence-corrected chi connectivity index (χ0v) is 17.1. The van der Waals surface area contributed by atoms with E-state index in [0.717, 1.165) is 11.1 Å². The fraction of sp³-hybridized carbons (Fsp3) is 0.300. The van der Waals surface area contributed by atoms with Crippen molar-refractivity contribution in [1.29, 1.82) is 0 Å². The number of sulfonamides is 1. The van der Waals surface area contributed by atoms with E-state index in [1.807, 2.05) is 13.0 Å². The molecule has 0 spiro atoms. The van der Waals surface area contributed by atoms with Gasteiger partial charge in [-0.15, -0.1) is 0 Å². The van der Waals surface area contributed by atoms with Gasteiger partial charge in [-0.25, -0.2) is 8.42 Å². The van der Waals surface area contributed by atoms with E-state index < -0.39 is 34.5 Å².